The number of carbonyl (C=O) groups excluding carboxylic acids is 3. The Kier molecular flexibility index (Phi) is 6.25. The van der Waals surface area contributed by atoms with Crippen LogP contribution in [0, 0.1) is 5.92 Å². The summed E-state index contributed by atoms with van der Waals surface area (Å²) >= 11 is 0. The van der Waals surface area contributed by atoms with Crippen molar-refractivity contribution in [2.75, 3.05) is 11.9 Å². The lowest BCUT2D eigenvalue weighted by Crippen LogP contribution is -2.55. The minimum atomic E-state index is -4.47. The van der Waals surface area contributed by atoms with E-state index in [2.05, 4.69) is 10.3 Å². The van der Waals surface area contributed by atoms with Gasteiger partial charge in [-0.05, 0) is 49.4 Å². The van der Waals surface area contributed by atoms with Crippen LogP contribution in [0.25, 0.3) is 0 Å². The molecule has 3 N–H and O–H groups in total. The van der Waals surface area contributed by atoms with Gasteiger partial charge in [-0.15, -0.1) is 0 Å². The molecule has 7 nitrogen and oxygen atoms in total. The summed E-state index contributed by atoms with van der Waals surface area (Å²) in [6.45, 7) is 3.94. The molecule has 0 bridgehead atoms. The molecule has 0 saturated carbocycles. The van der Waals surface area contributed by atoms with E-state index >= 15 is 0 Å². The summed E-state index contributed by atoms with van der Waals surface area (Å²) in [5.41, 5.74) is 4.16. The van der Waals surface area contributed by atoms with E-state index in [0.717, 1.165) is 18.6 Å². The summed E-state index contributed by atoms with van der Waals surface area (Å²) in [6.07, 6.45) is -0.743. The highest BCUT2D eigenvalue weighted by molar-refractivity contribution is 6.39. The summed E-state index contributed by atoms with van der Waals surface area (Å²) in [5.74, 6) is -2.40. The SMILES string of the molecule is C[C@H]1CC[C@@](C)(c2ccc(C(F)(F)F)cc2)N(C(=O)C(=O)Nc2cncc(C(N)=O)c2)C1. The largest absolute Gasteiger partial charge is 0.416 e. The fourth-order valence-electron chi connectivity index (χ4n) is 3.84. The van der Waals surface area contributed by atoms with E-state index < -0.39 is 35.0 Å². The van der Waals surface area contributed by atoms with Crippen LogP contribution in [0.5, 0.6) is 0 Å². The minimum absolute atomic E-state index is 0.0661. The van der Waals surface area contributed by atoms with E-state index in [4.69, 9.17) is 5.73 Å². The Bertz CT molecular complexity index is 1040. The molecular formula is C22H23F3N4O3. The lowest BCUT2D eigenvalue weighted by molar-refractivity contribution is -0.150. The molecular weight excluding hydrogens is 425 g/mol. The van der Waals surface area contributed by atoms with E-state index in [1.807, 2.05) is 6.92 Å². The number of piperidine rings is 1. The van der Waals surface area contributed by atoms with Crippen molar-refractivity contribution < 1.29 is 27.6 Å². The number of nitrogens with one attached hydrogen (secondary N) is 1. The van der Waals surface area contributed by atoms with Crippen LogP contribution in [-0.4, -0.2) is 34.2 Å². The smallest absolute Gasteiger partial charge is 0.366 e. The Morgan fingerprint density at radius 3 is 2.44 bits per heavy atom. The van der Waals surface area contributed by atoms with Crippen LogP contribution in [-0.2, 0) is 21.3 Å². The van der Waals surface area contributed by atoms with Gasteiger partial charge in [0, 0.05) is 12.7 Å². The van der Waals surface area contributed by atoms with E-state index in [9.17, 15) is 27.6 Å². The predicted molar refractivity (Wildman–Crippen MR) is 110 cm³/mol. The maximum Gasteiger partial charge on any atom is 0.416 e. The number of halogens is 3. The van der Waals surface area contributed by atoms with Crippen molar-refractivity contribution in [3.8, 4) is 0 Å². The van der Waals surface area contributed by atoms with Crippen LogP contribution in [0.2, 0.25) is 0 Å². The van der Waals surface area contributed by atoms with Crippen LogP contribution < -0.4 is 11.1 Å². The number of amides is 3. The van der Waals surface area contributed by atoms with Gasteiger partial charge in [0.25, 0.3) is 0 Å². The Labute approximate surface area is 182 Å². The van der Waals surface area contributed by atoms with E-state index in [1.54, 1.807) is 6.92 Å². The maximum absolute atomic E-state index is 13.1. The molecule has 0 unspecified atom stereocenters. The third-order valence-electron chi connectivity index (χ3n) is 5.77. The van der Waals surface area contributed by atoms with Crippen LogP contribution in [0.15, 0.2) is 42.7 Å². The number of rotatable bonds is 3. The molecule has 10 heteroatoms. The second-order valence-corrected chi connectivity index (χ2v) is 8.19. The van der Waals surface area contributed by atoms with Gasteiger partial charge >= 0.3 is 18.0 Å². The van der Waals surface area contributed by atoms with Crippen molar-refractivity contribution in [3.05, 3.63) is 59.4 Å². The molecule has 170 valence electrons. The molecule has 1 aromatic carbocycles. The Balaban J connectivity index is 1.87. The second kappa shape index (κ2) is 8.60. The van der Waals surface area contributed by atoms with Crippen LogP contribution >= 0.6 is 0 Å². The molecule has 2 atom stereocenters. The summed E-state index contributed by atoms with van der Waals surface area (Å²) < 4.78 is 38.9. The number of benzene rings is 1. The fourth-order valence-corrected chi connectivity index (χ4v) is 3.84. The highest BCUT2D eigenvalue weighted by Gasteiger charge is 2.43. The number of primary amides is 1. The maximum atomic E-state index is 13.1. The topological polar surface area (TPSA) is 105 Å². The molecule has 0 spiro atoms. The van der Waals surface area contributed by atoms with Crippen LogP contribution in [0.1, 0.15) is 48.2 Å². The van der Waals surface area contributed by atoms with Gasteiger partial charge in [-0.1, -0.05) is 19.1 Å². The van der Waals surface area contributed by atoms with Crippen molar-refractivity contribution in [1.29, 1.82) is 0 Å². The van der Waals surface area contributed by atoms with Crippen molar-refractivity contribution in [2.24, 2.45) is 11.7 Å². The Morgan fingerprint density at radius 2 is 1.84 bits per heavy atom. The monoisotopic (exact) mass is 448 g/mol. The third-order valence-corrected chi connectivity index (χ3v) is 5.77. The molecule has 1 saturated heterocycles. The number of carbonyl (C=O) groups is 3. The first-order valence-corrected chi connectivity index (χ1v) is 9.97. The van der Waals surface area contributed by atoms with Gasteiger partial charge in [0.05, 0.1) is 28.6 Å². The lowest BCUT2D eigenvalue weighted by Gasteiger charge is -2.47. The second-order valence-electron chi connectivity index (χ2n) is 8.19. The molecule has 3 rings (SSSR count). The van der Waals surface area contributed by atoms with Crippen molar-refractivity contribution in [3.63, 3.8) is 0 Å². The van der Waals surface area contributed by atoms with Crippen LogP contribution in [0.3, 0.4) is 0 Å². The number of alkyl halides is 3. The van der Waals surface area contributed by atoms with Gasteiger partial charge in [-0.2, -0.15) is 13.2 Å². The molecule has 2 heterocycles. The van der Waals surface area contributed by atoms with E-state index in [0.29, 0.717) is 12.0 Å². The molecule has 0 aliphatic carbocycles. The van der Waals surface area contributed by atoms with Gasteiger partial charge in [-0.25, -0.2) is 0 Å². The number of hydrogen-bond acceptors (Lipinski definition) is 4. The summed E-state index contributed by atoms with van der Waals surface area (Å²) in [7, 11) is 0. The molecule has 2 aromatic rings. The zero-order valence-corrected chi connectivity index (χ0v) is 17.6. The number of likely N-dealkylation sites (tertiary alicyclic amines) is 1. The molecule has 32 heavy (non-hydrogen) atoms. The number of anilines is 1. The molecule has 1 aliphatic rings. The summed E-state index contributed by atoms with van der Waals surface area (Å²) in [4.78, 5) is 42.3. The van der Waals surface area contributed by atoms with Crippen molar-refractivity contribution in [2.45, 2.75) is 38.4 Å². The first-order valence-electron chi connectivity index (χ1n) is 9.97. The molecule has 3 amide bonds. The molecule has 1 aliphatic heterocycles. The highest BCUT2D eigenvalue weighted by Crippen LogP contribution is 2.40. The fraction of sp³-hybridized carbons (Fsp3) is 0.364. The first-order chi connectivity index (χ1) is 14.9. The van der Waals surface area contributed by atoms with Crippen LogP contribution in [0.4, 0.5) is 18.9 Å². The molecule has 0 radical (unpaired) electrons. The number of aromatic nitrogens is 1. The minimum Gasteiger partial charge on any atom is -0.366 e. The predicted octanol–water partition coefficient (Wildman–Crippen LogP) is 3.31. The zero-order chi connectivity index (χ0) is 23.7. The Hall–Kier alpha value is -3.43. The summed E-state index contributed by atoms with van der Waals surface area (Å²) in [5, 5.41) is 2.42. The normalized spacial score (nSPS) is 21.2. The van der Waals surface area contributed by atoms with Gasteiger partial charge in [0.15, 0.2) is 0 Å². The number of hydrogen-bond donors (Lipinski definition) is 2. The third kappa shape index (κ3) is 4.74. The zero-order valence-electron chi connectivity index (χ0n) is 17.6. The lowest BCUT2D eigenvalue weighted by atomic mass is 9.78. The van der Waals surface area contributed by atoms with E-state index in [1.165, 1.54) is 35.5 Å². The van der Waals surface area contributed by atoms with Crippen molar-refractivity contribution >= 4 is 23.4 Å². The Morgan fingerprint density at radius 1 is 1.19 bits per heavy atom. The average molecular weight is 448 g/mol. The molecule has 1 aromatic heterocycles. The van der Waals surface area contributed by atoms with Crippen molar-refractivity contribution in [1.82, 2.24) is 9.88 Å². The molecule has 1 fully saturated rings. The number of nitrogens with zero attached hydrogens (tertiary/aromatic N) is 2. The van der Waals surface area contributed by atoms with Gasteiger partial charge < -0.3 is 16.0 Å². The number of nitrogens with two attached hydrogens (primary N) is 1. The average Bonchev–Trinajstić information content (AvgIpc) is 2.74. The van der Waals surface area contributed by atoms with E-state index in [-0.39, 0.29) is 23.7 Å². The quantitative estimate of drug-likeness (QED) is 0.703. The van der Waals surface area contributed by atoms with Gasteiger partial charge in [0.1, 0.15) is 0 Å². The van der Waals surface area contributed by atoms with Gasteiger partial charge in [0.2, 0.25) is 5.91 Å². The standard InChI is InChI=1S/C22H23F3N4O3/c1-13-7-8-21(2,15-3-5-16(6-4-15)22(23,24)25)29(12-13)20(32)19(31)28-17-9-14(18(26)30)10-27-11-17/h3-6,9-11,13H,7-8,12H2,1-2H3,(H2,26,30)(H,28,31)/t13-,21-/m0/s1. The first kappa shape index (κ1) is 23.2. The van der Waals surface area contributed by atoms with Gasteiger partial charge in [-0.3, -0.25) is 19.4 Å². The number of pyridine rings is 1. The highest BCUT2D eigenvalue weighted by atomic mass is 19.4. The summed E-state index contributed by atoms with van der Waals surface area (Å²) in [6, 6.07) is 5.94.